The van der Waals surface area contributed by atoms with Crippen LogP contribution in [-0.2, 0) is 11.2 Å². The van der Waals surface area contributed by atoms with Crippen LogP contribution in [0.5, 0.6) is 0 Å². The molecule has 1 fully saturated rings. The molecular formula is C13H22N6O. The lowest BCUT2D eigenvalue weighted by Crippen LogP contribution is -2.40. The standard InChI is InChI=1S/C13H22N6O/c1-3-10-11(15-8-16-12(10)18-14)17-9(2)13(20)19-6-4-5-7-19/h8-9H,3-7,14H2,1-2H3,(H2,15,16,17,18). The Kier molecular flexibility index (Phi) is 4.73. The second kappa shape index (κ2) is 6.51. The predicted octanol–water partition coefficient (Wildman–Crippen LogP) is 0.747. The van der Waals surface area contributed by atoms with E-state index in [2.05, 4.69) is 20.7 Å². The molecule has 7 nitrogen and oxygen atoms in total. The summed E-state index contributed by atoms with van der Waals surface area (Å²) in [6, 6.07) is -0.307. The number of carbonyl (C=O) groups is 1. The Morgan fingerprint density at radius 1 is 1.40 bits per heavy atom. The van der Waals surface area contributed by atoms with Gasteiger partial charge < -0.3 is 15.6 Å². The molecule has 1 aromatic rings. The van der Waals surface area contributed by atoms with Crippen molar-refractivity contribution in [3.63, 3.8) is 0 Å². The highest BCUT2D eigenvalue weighted by Crippen LogP contribution is 2.21. The van der Waals surface area contributed by atoms with Gasteiger partial charge in [-0.05, 0) is 26.2 Å². The van der Waals surface area contributed by atoms with Crippen LogP contribution in [0, 0.1) is 0 Å². The lowest BCUT2D eigenvalue weighted by Gasteiger charge is -2.22. The van der Waals surface area contributed by atoms with Crippen molar-refractivity contribution in [2.24, 2.45) is 5.84 Å². The first-order valence-electron chi connectivity index (χ1n) is 7.03. The number of nitrogen functional groups attached to an aromatic ring is 1. The van der Waals surface area contributed by atoms with Crippen LogP contribution in [0.15, 0.2) is 6.33 Å². The molecule has 1 saturated heterocycles. The molecule has 1 aromatic heterocycles. The Hall–Kier alpha value is -1.89. The summed E-state index contributed by atoms with van der Waals surface area (Å²) in [5.41, 5.74) is 3.44. The van der Waals surface area contributed by atoms with Crippen molar-refractivity contribution in [3.05, 3.63) is 11.9 Å². The number of likely N-dealkylation sites (tertiary alicyclic amines) is 1. The Bertz CT molecular complexity index is 472. The maximum atomic E-state index is 12.3. The van der Waals surface area contributed by atoms with E-state index in [4.69, 9.17) is 5.84 Å². The van der Waals surface area contributed by atoms with Crippen molar-refractivity contribution in [3.8, 4) is 0 Å². The third kappa shape index (κ3) is 2.98. The zero-order valence-electron chi connectivity index (χ0n) is 12.0. The Labute approximate surface area is 118 Å². The third-order valence-corrected chi connectivity index (χ3v) is 3.58. The summed E-state index contributed by atoms with van der Waals surface area (Å²) in [5.74, 6) is 6.81. The molecule has 2 rings (SSSR count). The highest BCUT2D eigenvalue weighted by atomic mass is 16.2. The number of amides is 1. The topological polar surface area (TPSA) is 96.2 Å². The van der Waals surface area contributed by atoms with Gasteiger partial charge in [-0.25, -0.2) is 15.8 Å². The fourth-order valence-electron chi connectivity index (χ4n) is 2.47. The summed E-state index contributed by atoms with van der Waals surface area (Å²) in [6.45, 7) is 5.56. The normalized spacial score (nSPS) is 16.1. The van der Waals surface area contributed by atoms with Gasteiger partial charge in [-0.3, -0.25) is 4.79 Å². The predicted molar refractivity (Wildman–Crippen MR) is 78.1 cm³/mol. The van der Waals surface area contributed by atoms with Gasteiger partial charge in [-0.1, -0.05) is 6.92 Å². The zero-order valence-corrected chi connectivity index (χ0v) is 12.0. The molecule has 0 radical (unpaired) electrons. The molecule has 4 N–H and O–H groups in total. The number of carbonyl (C=O) groups excluding carboxylic acids is 1. The molecular weight excluding hydrogens is 256 g/mol. The summed E-state index contributed by atoms with van der Waals surface area (Å²) < 4.78 is 0. The summed E-state index contributed by atoms with van der Waals surface area (Å²) in [5, 5.41) is 3.17. The minimum absolute atomic E-state index is 0.116. The van der Waals surface area contributed by atoms with E-state index in [1.54, 1.807) is 0 Å². The van der Waals surface area contributed by atoms with Gasteiger partial charge in [0.25, 0.3) is 0 Å². The molecule has 1 aliphatic heterocycles. The fourth-order valence-corrected chi connectivity index (χ4v) is 2.47. The Balaban J connectivity index is 2.10. The van der Waals surface area contributed by atoms with Gasteiger partial charge in [0, 0.05) is 18.7 Å². The molecule has 1 unspecified atom stereocenters. The minimum Gasteiger partial charge on any atom is -0.358 e. The number of aromatic nitrogens is 2. The molecule has 0 saturated carbocycles. The number of anilines is 2. The number of hydrogen-bond donors (Lipinski definition) is 3. The van der Waals surface area contributed by atoms with Gasteiger partial charge in [0.2, 0.25) is 5.91 Å². The average Bonchev–Trinajstić information content (AvgIpc) is 3.00. The van der Waals surface area contributed by atoms with Crippen LogP contribution in [0.25, 0.3) is 0 Å². The second-order valence-electron chi connectivity index (χ2n) is 4.95. The van der Waals surface area contributed by atoms with Crippen molar-refractivity contribution < 1.29 is 4.79 Å². The van der Waals surface area contributed by atoms with E-state index in [9.17, 15) is 4.79 Å². The van der Waals surface area contributed by atoms with Crippen LogP contribution in [0.1, 0.15) is 32.3 Å². The van der Waals surface area contributed by atoms with Gasteiger partial charge in [0.15, 0.2) is 0 Å². The van der Waals surface area contributed by atoms with Gasteiger partial charge in [0.05, 0.1) is 0 Å². The third-order valence-electron chi connectivity index (χ3n) is 3.58. The molecule has 0 aromatic carbocycles. The highest BCUT2D eigenvalue weighted by molar-refractivity contribution is 5.84. The fraction of sp³-hybridized carbons (Fsp3) is 0.615. The van der Waals surface area contributed by atoms with Crippen molar-refractivity contribution in [1.29, 1.82) is 0 Å². The van der Waals surface area contributed by atoms with Gasteiger partial charge in [-0.2, -0.15) is 0 Å². The molecule has 1 aliphatic rings. The van der Waals surface area contributed by atoms with E-state index < -0.39 is 0 Å². The monoisotopic (exact) mass is 278 g/mol. The summed E-state index contributed by atoms with van der Waals surface area (Å²) >= 11 is 0. The second-order valence-corrected chi connectivity index (χ2v) is 4.95. The van der Waals surface area contributed by atoms with E-state index in [-0.39, 0.29) is 11.9 Å². The van der Waals surface area contributed by atoms with Crippen LogP contribution >= 0.6 is 0 Å². The van der Waals surface area contributed by atoms with Crippen LogP contribution in [-0.4, -0.2) is 39.9 Å². The largest absolute Gasteiger partial charge is 0.358 e. The van der Waals surface area contributed by atoms with E-state index in [0.29, 0.717) is 11.6 Å². The van der Waals surface area contributed by atoms with Crippen LogP contribution in [0.4, 0.5) is 11.6 Å². The van der Waals surface area contributed by atoms with Crippen molar-refractivity contribution >= 4 is 17.5 Å². The van der Waals surface area contributed by atoms with E-state index in [0.717, 1.165) is 37.9 Å². The molecule has 0 spiro atoms. The summed E-state index contributed by atoms with van der Waals surface area (Å²) in [6.07, 6.45) is 4.35. The van der Waals surface area contributed by atoms with Crippen molar-refractivity contribution in [2.75, 3.05) is 23.8 Å². The molecule has 110 valence electrons. The minimum atomic E-state index is -0.307. The van der Waals surface area contributed by atoms with E-state index in [1.165, 1.54) is 6.33 Å². The highest BCUT2D eigenvalue weighted by Gasteiger charge is 2.24. The summed E-state index contributed by atoms with van der Waals surface area (Å²) in [7, 11) is 0. The average molecular weight is 278 g/mol. The first-order chi connectivity index (χ1) is 9.67. The maximum Gasteiger partial charge on any atom is 0.244 e. The molecule has 0 aliphatic carbocycles. The maximum absolute atomic E-state index is 12.3. The number of nitrogens with two attached hydrogens (primary N) is 1. The van der Waals surface area contributed by atoms with E-state index in [1.807, 2.05) is 18.7 Å². The SMILES string of the molecule is CCc1c(NN)ncnc1NC(C)C(=O)N1CCCC1. The molecule has 1 amide bonds. The van der Waals surface area contributed by atoms with Gasteiger partial charge in [0.1, 0.15) is 24.0 Å². The van der Waals surface area contributed by atoms with Crippen LogP contribution in [0.3, 0.4) is 0 Å². The number of nitrogens with one attached hydrogen (secondary N) is 2. The Morgan fingerprint density at radius 3 is 2.65 bits per heavy atom. The molecule has 0 bridgehead atoms. The number of hydrogen-bond acceptors (Lipinski definition) is 6. The number of nitrogens with zero attached hydrogens (tertiary/aromatic N) is 3. The summed E-state index contributed by atoms with van der Waals surface area (Å²) in [4.78, 5) is 22.5. The van der Waals surface area contributed by atoms with Gasteiger partial charge >= 0.3 is 0 Å². The smallest absolute Gasteiger partial charge is 0.244 e. The van der Waals surface area contributed by atoms with E-state index >= 15 is 0 Å². The lowest BCUT2D eigenvalue weighted by atomic mass is 10.2. The Morgan fingerprint density at radius 2 is 2.05 bits per heavy atom. The zero-order chi connectivity index (χ0) is 14.5. The molecule has 1 atom stereocenters. The molecule has 2 heterocycles. The van der Waals surface area contributed by atoms with Crippen molar-refractivity contribution in [2.45, 2.75) is 39.2 Å². The van der Waals surface area contributed by atoms with Crippen LogP contribution < -0.4 is 16.6 Å². The number of rotatable bonds is 5. The van der Waals surface area contributed by atoms with Crippen LogP contribution in [0.2, 0.25) is 0 Å². The van der Waals surface area contributed by atoms with Crippen molar-refractivity contribution in [1.82, 2.24) is 14.9 Å². The first-order valence-corrected chi connectivity index (χ1v) is 7.03. The quantitative estimate of drug-likeness (QED) is 0.543. The van der Waals surface area contributed by atoms with Gasteiger partial charge in [-0.15, -0.1) is 0 Å². The number of hydrazine groups is 1. The molecule has 20 heavy (non-hydrogen) atoms. The first kappa shape index (κ1) is 14.5. The molecule has 7 heteroatoms. The lowest BCUT2D eigenvalue weighted by molar-refractivity contribution is -0.130.